The maximum absolute atomic E-state index is 15.3. The number of nitrogens with one attached hydrogen (secondary N) is 3. The van der Waals surface area contributed by atoms with E-state index in [-0.39, 0.29) is 23.2 Å². The van der Waals surface area contributed by atoms with E-state index in [0.717, 1.165) is 18.4 Å². The molecule has 0 atom stereocenters. The smallest absolute Gasteiger partial charge is 0.323 e. The molecule has 1 aliphatic rings. The summed E-state index contributed by atoms with van der Waals surface area (Å²) < 4.78 is 21.0. The van der Waals surface area contributed by atoms with E-state index < -0.39 is 11.7 Å². The number of ether oxygens (including phenoxy) is 1. The SMILES string of the molecule is O=C(Nc1ccccc1)c1cnc(-c2ccccc2)nc1Nc1ccc(Oc2ccnc(NC(=O)N3CCCC3)c2)c(F)c1. The van der Waals surface area contributed by atoms with Gasteiger partial charge < -0.3 is 20.3 Å². The highest BCUT2D eigenvalue weighted by atomic mass is 19.1. The Morgan fingerprint density at radius 3 is 2.32 bits per heavy atom. The van der Waals surface area contributed by atoms with E-state index in [9.17, 15) is 9.59 Å². The summed E-state index contributed by atoms with van der Waals surface area (Å²) >= 11 is 0. The van der Waals surface area contributed by atoms with Gasteiger partial charge in [-0.15, -0.1) is 0 Å². The molecule has 3 aromatic carbocycles. The number of amides is 3. The van der Waals surface area contributed by atoms with Crippen molar-refractivity contribution in [2.75, 3.05) is 29.0 Å². The molecular formula is C33H28FN7O3. The lowest BCUT2D eigenvalue weighted by Crippen LogP contribution is -2.32. The molecule has 0 unspecified atom stereocenters. The van der Waals surface area contributed by atoms with Crippen LogP contribution in [0.5, 0.6) is 11.5 Å². The minimum atomic E-state index is -0.651. The number of pyridine rings is 1. The van der Waals surface area contributed by atoms with E-state index in [1.54, 1.807) is 29.2 Å². The minimum Gasteiger partial charge on any atom is -0.454 e. The number of carbonyl (C=O) groups is 2. The predicted molar refractivity (Wildman–Crippen MR) is 166 cm³/mol. The van der Waals surface area contributed by atoms with Gasteiger partial charge in [-0.1, -0.05) is 48.5 Å². The van der Waals surface area contributed by atoms with Crippen LogP contribution in [0, 0.1) is 5.82 Å². The van der Waals surface area contributed by atoms with E-state index >= 15 is 4.39 Å². The molecule has 1 aliphatic heterocycles. The van der Waals surface area contributed by atoms with Crippen LogP contribution >= 0.6 is 0 Å². The number of hydrogen-bond donors (Lipinski definition) is 3. The Hall–Kier alpha value is -5.84. The first-order chi connectivity index (χ1) is 21.5. The molecular weight excluding hydrogens is 561 g/mol. The van der Waals surface area contributed by atoms with Gasteiger partial charge in [-0.2, -0.15) is 0 Å². The molecule has 1 fully saturated rings. The molecule has 3 N–H and O–H groups in total. The van der Waals surface area contributed by atoms with E-state index in [2.05, 4.69) is 30.9 Å². The standard InChI is InChI=1S/C33H28FN7O3/c34-27-19-24(13-14-28(27)44-25-15-16-35-29(20-25)39-33(43)41-17-7-8-18-41)37-31-26(32(42)38-23-11-5-2-6-12-23)21-36-30(40-31)22-9-3-1-4-10-22/h1-6,9-16,19-21H,7-8,17-18H2,(H,38,42)(H,35,39,43)(H,36,37,40). The third-order valence-corrected chi connectivity index (χ3v) is 6.88. The van der Waals surface area contributed by atoms with Crippen LogP contribution in [0.15, 0.2) is 103 Å². The summed E-state index contributed by atoms with van der Waals surface area (Å²) in [6.07, 6.45) is 4.86. The summed E-state index contributed by atoms with van der Waals surface area (Å²) in [6, 6.07) is 25.5. The van der Waals surface area contributed by atoms with Crippen LogP contribution in [0.4, 0.5) is 32.2 Å². The maximum Gasteiger partial charge on any atom is 0.323 e. The van der Waals surface area contributed by atoms with E-state index in [1.165, 1.54) is 30.6 Å². The summed E-state index contributed by atoms with van der Waals surface area (Å²) in [7, 11) is 0. The third kappa shape index (κ3) is 6.79. The number of halogens is 1. The summed E-state index contributed by atoms with van der Waals surface area (Å²) in [5.74, 6) is 0.0966. The molecule has 0 saturated carbocycles. The second-order valence-electron chi connectivity index (χ2n) is 10.0. The Kier molecular flexibility index (Phi) is 8.35. The number of likely N-dealkylation sites (tertiary alicyclic amines) is 1. The van der Waals surface area contributed by atoms with Crippen LogP contribution in [-0.4, -0.2) is 44.9 Å². The lowest BCUT2D eigenvalue weighted by Gasteiger charge is -2.16. The Bertz CT molecular complexity index is 1780. The second kappa shape index (κ2) is 13.0. The highest BCUT2D eigenvalue weighted by Gasteiger charge is 2.19. The van der Waals surface area contributed by atoms with Crippen molar-refractivity contribution in [2.24, 2.45) is 0 Å². The first-order valence-electron chi connectivity index (χ1n) is 14.1. The average Bonchev–Trinajstić information content (AvgIpc) is 3.59. The van der Waals surface area contributed by atoms with Crippen molar-refractivity contribution in [1.29, 1.82) is 0 Å². The van der Waals surface area contributed by atoms with Crippen molar-refractivity contribution in [2.45, 2.75) is 12.8 Å². The van der Waals surface area contributed by atoms with E-state index in [1.807, 2.05) is 48.5 Å². The molecule has 3 amide bonds. The van der Waals surface area contributed by atoms with Crippen LogP contribution in [0.25, 0.3) is 11.4 Å². The first-order valence-corrected chi connectivity index (χ1v) is 14.1. The molecule has 3 heterocycles. The Balaban J connectivity index is 1.21. The van der Waals surface area contributed by atoms with Crippen molar-refractivity contribution >= 4 is 34.9 Å². The molecule has 6 rings (SSSR count). The van der Waals surface area contributed by atoms with Crippen LogP contribution < -0.4 is 20.7 Å². The van der Waals surface area contributed by atoms with Gasteiger partial charge in [0.25, 0.3) is 5.91 Å². The summed E-state index contributed by atoms with van der Waals surface area (Å²) in [4.78, 5) is 40.5. The quantitative estimate of drug-likeness (QED) is 0.177. The second-order valence-corrected chi connectivity index (χ2v) is 10.0. The van der Waals surface area contributed by atoms with Gasteiger partial charge in [0.2, 0.25) is 0 Å². The van der Waals surface area contributed by atoms with Crippen molar-refractivity contribution in [3.63, 3.8) is 0 Å². The average molecular weight is 590 g/mol. The lowest BCUT2D eigenvalue weighted by molar-refractivity contribution is 0.102. The van der Waals surface area contributed by atoms with Gasteiger partial charge >= 0.3 is 6.03 Å². The predicted octanol–water partition coefficient (Wildman–Crippen LogP) is 7.09. The fraction of sp³-hybridized carbons (Fsp3) is 0.121. The van der Waals surface area contributed by atoms with Gasteiger partial charge in [0, 0.05) is 54.6 Å². The van der Waals surface area contributed by atoms with Crippen LogP contribution in [0.1, 0.15) is 23.2 Å². The summed E-state index contributed by atoms with van der Waals surface area (Å²) in [5, 5.41) is 8.66. The molecule has 0 spiro atoms. The number of aromatic nitrogens is 3. The Morgan fingerprint density at radius 1 is 0.818 bits per heavy atom. The van der Waals surface area contributed by atoms with Gasteiger partial charge in [-0.25, -0.2) is 24.1 Å². The minimum absolute atomic E-state index is 0.0340. The number of urea groups is 1. The van der Waals surface area contributed by atoms with Gasteiger partial charge in [0.15, 0.2) is 17.4 Å². The summed E-state index contributed by atoms with van der Waals surface area (Å²) in [6.45, 7) is 1.41. The maximum atomic E-state index is 15.3. The van der Waals surface area contributed by atoms with Gasteiger partial charge in [-0.3, -0.25) is 10.1 Å². The summed E-state index contributed by atoms with van der Waals surface area (Å²) in [5.41, 5.74) is 1.89. The number of para-hydroxylation sites is 1. The normalized spacial score (nSPS) is 12.4. The first kappa shape index (κ1) is 28.3. The van der Waals surface area contributed by atoms with Crippen molar-refractivity contribution in [1.82, 2.24) is 19.9 Å². The molecule has 1 saturated heterocycles. The zero-order valence-electron chi connectivity index (χ0n) is 23.5. The molecule has 5 aromatic rings. The number of hydrogen-bond acceptors (Lipinski definition) is 7. The number of anilines is 4. The van der Waals surface area contributed by atoms with E-state index in [4.69, 9.17) is 4.74 Å². The molecule has 11 heteroatoms. The molecule has 0 radical (unpaired) electrons. The van der Waals surface area contributed by atoms with Gasteiger partial charge in [0.1, 0.15) is 22.9 Å². The highest BCUT2D eigenvalue weighted by molar-refractivity contribution is 6.07. The monoisotopic (exact) mass is 589 g/mol. The van der Waals surface area contributed by atoms with Crippen molar-refractivity contribution < 1.29 is 18.7 Å². The molecule has 2 aromatic heterocycles. The molecule has 44 heavy (non-hydrogen) atoms. The van der Waals surface area contributed by atoms with Crippen molar-refractivity contribution in [3.8, 4) is 22.9 Å². The van der Waals surface area contributed by atoms with Crippen molar-refractivity contribution in [3.05, 3.63) is 115 Å². The van der Waals surface area contributed by atoms with E-state index in [0.29, 0.717) is 41.9 Å². The molecule has 0 aliphatic carbocycles. The Morgan fingerprint density at radius 2 is 1.57 bits per heavy atom. The zero-order chi connectivity index (χ0) is 30.3. The number of rotatable bonds is 8. The largest absolute Gasteiger partial charge is 0.454 e. The lowest BCUT2D eigenvalue weighted by atomic mass is 10.2. The highest BCUT2D eigenvalue weighted by Crippen LogP contribution is 2.30. The fourth-order valence-corrected chi connectivity index (χ4v) is 4.67. The fourth-order valence-electron chi connectivity index (χ4n) is 4.67. The molecule has 10 nitrogen and oxygen atoms in total. The molecule has 220 valence electrons. The number of carbonyl (C=O) groups excluding carboxylic acids is 2. The molecule has 0 bridgehead atoms. The van der Waals surface area contributed by atoms with Gasteiger partial charge in [0.05, 0.1) is 0 Å². The number of benzene rings is 3. The Labute approximate surface area is 253 Å². The van der Waals surface area contributed by atoms with Crippen LogP contribution in [0.2, 0.25) is 0 Å². The van der Waals surface area contributed by atoms with Crippen LogP contribution in [-0.2, 0) is 0 Å². The zero-order valence-corrected chi connectivity index (χ0v) is 23.5. The van der Waals surface area contributed by atoms with Gasteiger partial charge in [-0.05, 0) is 43.2 Å². The third-order valence-electron chi connectivity index (χ3n) is 6.88. The van der Waals surface area contributed by atoms with Crippen LogP contribution in [0.3, 0.4) is 0 Å². The number of nitrogens with zero attached hydrogens (tertiary/aromatic N) is 4. The topological polar surface area (TPSA) is 121 Å².